The second-order valence-electron chi connectivity index (χ2n) is 7.34. The van der Waals surface area contributed by atoms with Gasteiger partial charge in [-0.3, -0.25) is 4.90 Å². The molecule has 2 aliphatic rings. The van der Waals surface area contributed by atoms with E-state index in [0.717, 1.165) is 71.4 Å². The molecule has 0 aliphatic carbocycles. The van der Waals surface area contributed by atoms with Crippen LogP contribution in [0.2, 0.25) is 6.04 Å². The molecule has 25 heavy (non-hydrogen) atoms. The summed E-state index contributed by atoms with van der Waals surface area (Å²) in [6, 6.07) is 1.10. The first-order valence-electron chi connectivity index (χ1n) is 10.5. The van der Waals surface area contributed by atoms with Crippen LogP contribution in [0.5, 0.6) is 0 Å². The van der Waals surface area contributed by atoms with Crippen molar-refractivity contribution in [3.63, 3.8) is 0 Å². The molecular weight excluding hydrogens is 334 g/mol. The van der Waals surface area contributed by atoms with Crippen LogP contribution in [0.25, 0.3) is 0 Å². The van der Waals surface area contributed by atoms with Crippen LogP contribution in [-0.4, -0.2) is 72.5 Å². The summed E-state index contributed by atoms with van der Waals surface area (Å²) >= 11 is 0. The lowest BCUT2D eigenvalue weighted by Crippen LogP contribution is -2.39. The third-order valence-corrected chi connectivity index (χ3v) is 7.00. The van der Waals surface area contributed by atoms with Gasteiger partial charge in [0.2, 0.25) is 0 Å². The molecule has 0 radical (unpaired) electrons. The molecule has 6 heteroatoms. The molecular formula is C19H39NO4Si. The van der Waals surface area contributed by atoms with Crippen LogP contribution in [0.1, 0.15) is 58.8 Å². The zero-order valence-corrected chi connectivity index (χ0v) is 17.6. The molecule has 0 aromatic heterocycles. The van der Waals surface area contributed by atoms with E-state index in [1.165, 1.54) is 25.7 Å². The van der Waals surface area contributed by atoms with E-state index >= 15 is 0 Å². The molecule has 2 unspecified atom stereocenters. The third kappa shape index (κ3) is 8.97. The predicted octanol–water partition coefficient (Wildman–Crippen LogP) is 3.11. The minimum Gasteiger partial charge on any atom is -0.397 e. The maximum absolute atomic E-state index is 5.99. The summed E-state index contributed by atoms with van der Waals surface area (Å²) in [6.45, 7) is 11.1. The summed E-state index contributed by atoms with van der Waals surface area (Å²) in [5, 5.41) is 0. The molecule has 2 aliphatic heterocycles. The molecule has 0 saturated carbocycles. The van der Waals surface area contributed by atoms with Crippen LogP contribution < -0.4 is 0 Å². The number of hydrogen-bond acceptors (Lipinski definition) is 5. The molecule has 0 aromatic carbocycles. The molecule has 0 bridgehead atoms. The largest absolute Gasteiger partial charge is 0.397 e. The Balaban J connectivity index is 1.73. The maximum atomic E-state index is 5.99. The molecule has 0 spiro atoms. The van der Waals surface area contributed by atoms with Gasteiger partial charge in [0.1, 0.15) is 0 Å². The van der Waals surface area contributed by atoms with Crippen molar-refractivity contribution in [3.8, 4) is 0 Å². The molecule has 2 heterocycles. The predicted molar refractivity (Wildman–Crippen MR) is 103 cm³/mol. The van der Waals surface area contributed by atoms with Crippen molar-refractivity contribution in [2.24, 2.45) is 0 Å². The zero-order valence-electron chi connectivity index (χ0n) is 16.4. The highest BCUT2D eigenvalue weighted by molar-refractivity contribution is 6.44. The van der Waals surface area contributed by atoms with Crippen LogP contribution in [0.3, 0.4) is 0 Å². The summed E-state index contributed by atoms with van der Waals surface area (Å²) in [4.78, 5) is 2.57. The molecule has 2 rings (SSSR count). The van der Waals surface area contributed by atoms with Crippen molar-refractivity contribution in [1.29, 1.82) is 0 Å². The van der Waals surface area contributed by atoms with Crippen LogP contribution in [0.15, 0.2) is 0 Å². The van der Waals surface area contributed by atoms with Crippen LogP contribution in [0.4, 0.5) is 0 Å². The molecule has 2 fully saturated rings. The maximum Gasteiger partial charge on any atom is 0.321 e. The second-order valence-corrected chi connectivity index (χ2v) is 9.45. The monoisotopic (exact) mass is 373 g/mol. The Morgan fingerprint density at radius 2 is 1.48 bits per heavy atom. The van der Waals surface area contributed by atoms with Gasteiger partial charge >= 0.3 is 9.28 Å². The Bertz CT molecular complexity index is 297. The van der Waals surface area contributed by atoms with Crippen LogP contribution >= 0.6 is 0 Å². The summed E-state index contributed by atoms with van der Waals surface area (Å²) in [5.74, 6) is 0. The summed E-state index contributed by atoms with van der Waals surface area (Å²) < 4.78 is 23.7. The molecule has 5 nitrogen and oxygen atoms in total. The average molecular weight is 374 g/mol. The van der Waals surface area contributed by atoms with Crippen molar-refractivity contribution < 1.29 is 18.3 Å². The van der Waals surface area contributed by atoms with Gasteiger partial charge in [0.15, 0.2) is 0 Å². The van der Waals surface area contributed by atoms with E-state index in [0.29, 0.717) is 12.2 Å². The van der Waals surface area contributed by atoms with Crippen molar-refractivity contribution in [2.45, 2.75) is 77.0 Å². The van der Waals surface area contributed by atoms with E-state index in [4.69, 9.17) is 18.3 Å². The number of rotatable bonds is 14. The Morgan fingerprint density at radius 1 is 0.920 bits per heavy atom. The number of hydrogen-bond donors (Lipinski definition) is 0. The highest BCUT2D eigenvalue weighted by Crippen LogP contribution is 2.18. The smallest absolute Gasteiger partial charge is 0.321 e. The molecule has 0 aromatic rings. The number of nitrogens with zero attached hydrogens (tertiary/aromatic N) is 1. The molecule has 2 saturated heterocycles. The van der Waals surface area contributed by atoms with Crippen molar-refractivity contribution in [2.75, 3.05) is 46.1 Å². The fourth-order valence-electron chi connectivity index (χ4n) is 3.60. The van der Waals surface area contributed by atoms with Gasteiger partial charge in [0.25, 0.3) is 0 Å². The van der Waals surface area contributed by atoms with Gasteiger partial charge in [-0.25, -0.2) is 0 Å². The SMILES string of the molecule is CCCO[SiH](CCCN(CC1CCCO1)CC1CCCO1)OCCC. The fraction of sp³-hybridized carbons (Fsp3) is 1.00. The van der Waals surface area contributed by atoms with E-state index in [9.17, 15) is 0 Å². The highest BCUT2D eigenvalue weighted by atomic mass is 28.3. The first-order valence-corrected chi connectivity index (χ1v) is 12.3. The third-order valence-electron chi connectivity index (χ3n) is 4.90. The Hall–Kier alpha value is 0.0169. The molecule has 2 atom stereocenters. The topological polar surface area (TPSA) is 40.2 Å². The molecule has 148 valence electrons. The zero-order chi connectivity index (χ0) is 17.7. The van der Waals surface area contributed by atoms with Gasteiger partial charge in [0, 0.05) is 39.5 Å². The highest BCUT2D eigenvalue weighted by Gasteiger charge is 2.24. The first-order chi connectivity index (χ1) is 12.3. The molecule has 0 N–H and O–H groups in total. The Morgan fingerprint density at radius 3 is 1.92 bits per heavy atom. The van der Waals surface area contributed by atoms with Gasteiger partial charge in [-0.2, -0.15) is 0 Å². The van der Waals surface area contributed by atoms with Gasteiger partial charge in [0.05, 0.1) is 12.2 Å². The van der Waals surface area contributed by atoms with Gasteiger partial charge in [-0.15, -0.1) is 0 Å². The summed E-state index contributed by atoms with van der Waals surface area (Å²) in [5.41, 5.74) is 0. The summed E-state index contributed by atoms with van der Waals surface area (Å²) in [7, 11) is -1.49. The van der Waals surface area contributed by atoms with Gasteiger partial charge < -0.3 is 18.3 Å². The van der Waals surface area contributed by atoms with E-state index in [1.807, 2.05) is 0 Å². The van der Waals surface area contributed by atoms with Crippen molar-refractivity contribution >= 4 is 9.28 Å². The lowest BCUT2D eigenvalue weighted by molar-refractivity contribution is 0.0374. The standard InChI is InChI=1S/C19H39NO4Si/c1-3-11-23-25(24-12-4-2)15-7-10-20(16-18-8-5-13-21-18)17-19-9-6-14-22-19/h18-19,25H,3-17H2,1-2H3. The Labute approximate surface area is 156 Å². The van der Waals surface area contributed by atoms with E-state index in [1.54, 1.807) is 0 Å². The van der Waals surface area contributed by atoms with Crippen molar-refractivity contribution in [3.05, 3.63) is 0 Å². The number of ether oxygens (including phenoxy) is 2. The van der Waals surface area contributed by atoms with E-state index in [-0.39, 0.29) is 0 Å². The minimum atomic E-state index is -1.49. The lowest BCUT2D eigenvalue weighted by atomic mass is 10.2. The van der Waals surface area contributed by atoms with Crippen LogP contribution in [-0.2, 0) is 18.3 Å². The normalized spacial score (nSPS) is 24.0. The van der Waals surface area contributed by atoms with Crippen LogP contribution in [0, 0.1) is 0 Å². The summed E-state index contributed by atoms with van der Waals surface area (Å²) in [6.07, 6.45) is 8.98. The van der Waals surface area contributed by atoms with Gasteiger partial charge in [-0.1, -0.05) is 13.8 Å². The quantitative estimate of drug-likeness (QED) is 0.438. The average Bonchev–Trinajstić information content (AvgIpc) is 3.30. The minimum absolute atomic E-state index is 0.419. The fourth-order valence-corrected chi connectivity index (χ4v) is 5.55. The van der Waals surface area contributed by atoms with Crippen molar-refractivity contribution in [1.82, 2.24) is 4.90 Å². The van der Waals surface area contributed by atoms with E-state index in [2.05, 4.69) is 18.7 Å². The van der Waals surface area contributed by atoms with E-state index < -0.39 is 9.28 Å². The second kappa shape index (κ2) is 13.2. The first kappa shape index (κ1) is 21.3. The lowest BCUT2D eigenvalue weighted by Gasteiger charge is -2.28. The molecule has 0 amide bonds. The van der Waals surface area contributed by atoms with Gasteiger partial charge in [-0.05, 0) is 57.5 Å². The Kier molecular flexibility index (Phi) is 11.3.